The number of carbonyl (C=O) groups excluding carboxylic acids is 1. The molecule has 1 aromatic rings. The lowest BCUT2D eigenvalue weighted by Crippen LogP contribution is -2.44. The molecule has 0 aromatic heterocycles. The van der Waals surface area contributed by atoms with Crippen LogP contribution < -0.4 is 5.32 Å². The maximum atomic E-state index is 13.8. The summed E-state index contributed by atoms with van der Waals surface area (Å²) in [6.07, 6.45) is -3.25. The molecule has 1 aliphatic carbocycles. The number of fused-ring (bicyclic) bond motifs is 1. The second-order valence-electron chi connectivity index (χ2n) is 5.25. The molecule has 7 heteroatoms. The number of alkyl halides is 3. The standard InChI is InChI=1S/C15H11ClF3NO2/c16-10-3-4-12-11(7-10)14(15(17,18)19,6-5-9-1-2-9)22-8-13(21)20-12/h3-4,7,9H,1-2,8H2,(H,20,21)/t14-/m0/s1. The lowest BCUT2D eigenvalue weighted by Gasteiger charge is -2.30. The van der Waals surface area contributed by atoms with Crippen molar-refractivity contribution in [3.8, 4) is 11.8 Å². The average molecular weight is 330 g/mol. The number of ether oxygens (including phenoxy) is 1. The average Bonchev–Trinajstić information content (AvgIpc) is 3.24. The second kappa shape index (κ2) is 5.18. The number of anilines is 1. The Hall–Kier alpha value is -1.71. The lowest BCUT2D eigenvalue weighted by molar-refractivity contribution is -0.256. The summed E-state index contributed by atoms with van der Waals surface area (Å²) in [5.41, 5.74) is -3.13. The van der Waals surface area contributed by atoms with Gasteiger partial charge >= 0.3 is 6.18 Å². The van der Waals surface area contributed by atoms with Crippen molar-refractivity contribution in [1.82, 2.24) is 0 Å². The van der Waals surface area contributed by atoms with Crippen molar-refractivity contribution in [2.45, 2.75) is 24.6 Å². The van der Waals surface area contributed by atoms with Gasteiger partial charge in [0.15, 0.2) is 0 Å². The summed E-state index contributed by atoms with van der Waals surface area (Å²) in [5, 5.41) is 2.50. The van der Waals surface area contributed by atoms with E-state index >= 15 is 0 Å². The van der Waals surface area contributed by atoms with Crippen LogP contribution in [0.2, 0.25) is 5.02 Å². The zero-order chi connectivity index (χ0) is 16.0. The van der Waals surface area contributed by atoms with E-state index in [2.05, 4.69) is 17.2 Å². The van der Waals surface area contributed by atoms with Gasteiger partial charge in [-0.05, 0) is 31.0 Å². The molecule has 3 rings (SSSR count). The van der Waals surface area contributed by atoms with Crippen LogP contribution in [-0.2, 0) is 15.1 Å². The lowest BCUT2D eigenvalue weighted by atomic mass is 9.91. The van der Waals surface area contributed by atoms with Gasteiger partial charge in [0.25, 0.3) is 5.60 Å². The van der Waals surface area contributed by atoms with Gasteiger partial charge in [-0.1, -0.05) is 23.4 Å². The van der Waals surface area contributed by atoms with Crippen molar-refractivity contribution in [2.75, 3.05) is 11.9 Å². The Morgan fingerprint density at radius 1 is 1.36 bits per heavy atom. The Bertz CT molecular complexity index is 688. The molecule has 0 saturated heterocycles. The molecule has 1 aromatic carbocycles. The maximum Gasteiger partial charge on any atom is 0.433 e. The van der Waals surface area contributed by atoms with Gasteiger partial charge in [-0.25, -0.2) is 0 Å². The largest absolute Gasteiger partial charge is 0.433 e. The molecule has 116 valence electrons. The minimum absolute atomic E-state index is 0.00863. The van der Waals surface area contributed by atoms with Crippen LogP contribution >= 0.6 is 11.6 Å². The van der Waals surface area contributed by atoms with E-state index in [0.29, 0.717) is 0 Å². The number of hydrogen-bond acceptors (Lipinski definition) is 2. The van der Waals surface area contributed by atoms with E-state index in [4.69, 9.17) is 16.3 Å². The molecule has 3 nitrogen and oxygen atoms in total. The highest BCUT2D eigenvalue weighted by Crippen LogP contribution is 2.47. The first-order chi connectivity index (χ1) is 10.3. The van der Waals surface area contributed by atoms with E-state index in [0.717, 1.165) is 18.9 Å². The highest BCUT2D eigenvalue weighted by molar-refractivity contribution is 6.30. The van der Waals surface area contributed by atoms with Crippen molar-refractivity contribution in [3.63, 3.8) is 0 Å². The first kappa shape index (κ1) is 15.2. The Morgan fingerprint density at radius 2 is 2.09 bits per heavy atom. The van der Waals surface area contributed by atoms with E-state index in [9.17, 15) is 18.0 Å². The molecule has 0 spiro atoms. The van der Waals surface area contributed by atoms with Crippen molar-refractivity contribution in [2.24, 2.45) is 5.92 Å². The van der Waals surface area contributed by atoms with Gasteiger partial charge in [0.05, 0.1) is 0 Å². The molecule has 1 aliphatic heterocycles. The van der Waals surface area contributed by atoms with Gasteiger partial charge in [-0.15, -0.1) is 0 Å². The Morgan fingerprint density at radius 3 is 2.73 bits per heavy atom. The van der Waals surface area contributed by atoms with Gasteiger partial charge in [-0.3, -0.25) is 4.79 Å². The molecule has 22 heavy (non-hydrogen) atoms. The van der Waals surface area contributed by atoms with Gasteiger partial charge in [0.1, 0.15) is 6.61 Å². The molecule has 1 N–H and O–H groups in total. The van der Waals surface area contributed by atoms with E-state index in [1.165, 1.54) is 12.1 Å². The van der Waals surface area contributed by atoms with Gasteiger partial charge in [0, 0.05) is 22.2 Å². The summed E-state index contributed by atoms with van der Waals surface area (Å²) in [4.78, 5) is 11.6. The number of halogens is 4. The minimum Gasteiger partial charge on any atom is -0.340 e. The van der Waals surface area contributed by atoms with Crippen molar-refractivity contribution in [1.29, 1.82) is 0 Å². The molecule has 0 radical (unpaired) electrons. The van der Waals surface area contributed by atoms with Gasteiger partial charge in [-0.2, -0.15) is 13.2 Å². The van der Waals surface area contributed by atoms with Crippen LogP contribution in [0.1, 0.15) is 18.4 Å². The van der Waals surface area contributed by atoms with Crippen LogP contribution in [-0.4, -0.2) is 18.7 Å². The van der Waals surface area contributed by atoms with Crippen LogP contribution in [0.25, 0.3) is 0 Å². The predicted octanol–water partition coefficient (Wildman–Crippen LogP) is 3.48. The van der Waals surface area contributed by atoms with Gasteiger partial charge in [0.2, 0.25) is 5.91 Å². The monoisotopic (exact) mass is 329 g/mol. The smallest absolute Gasteiger partial charge is 0.340 e. The first-order valence-electron chi connectivity index (χ1n) is 6.65. The summed E-state index contributed by atoms with van der Waals surface area (Å²) in [6.45, 7) is -0.731. The molecular formula is C15H11ClF3NO2. The van der Waals surface area contributed by atoms with E-state index in [1.54, 1.807) is 0 Å². The third-order valence-corrected chi connectivity index (χ3v) is 3.72. The van der Waals surface area contributed by atoms with Gasteiger partial charge < -0.3 is 10.1 Å². The summed E-state index contributed by atoms with van der Waals surface area (Å²) in [5.74, 6) is 4.12. The number of benzene rings is 1. The van der Waals surface area contributed by atoms with Crippen LogP contribution in [0, 0.1) is 17.8 Å². The maximum absolute atomic E-state index is 13.8. The number of hydrogen-bond donors (Lipinski definition) is 1. The van der Waals surface area contributed by atoms with E-state index < -0.39 is 24.3 Å². The first-order valence-corrected chi connectivity index (χ1v) is 7.03. The summed E-state index contributed by atoms with van der Waals surface area (Å²) in [6, 6.07) is 3.86. The van der Waals surface area contributed by atoms with E-state index in [1.807, 2.05) is 0 Å². The zero-order valence-corrected chi connectivity index (χ0v) is 12.0. The van der Waals surface area contributed by atoms with Crippen LogP contribution in [0.4, 0.5) is 18.9 Å². The molecule has 1 fully saturated rings. The minimum atomic E-state index is -4.80. The molecular weight excluding hydrogens is 319 g/mol. The SMILES string of the molecule is O=C1CO[C@](C#CC2CC2)(C(F)(F)F)c2cc(Cl)ccc2N1. The number of amides is 1. The third kappa shape index (κ3) is 2.67. The third-order valence-electron chi connectivity index (χ3n) is 3.48. The molecule has 2 aliphatic rings. The Kier molecular flexibility index (Phi) is 3.58. The molecule has 0 bridgehead atoms. The number of carbonyl (C=O) groups is 1. The fraction of sp³-hybridized carbons (Fsp3) is 0.400. The van der Waals surface area contributed by atoms with Crippen LogP contribution in [0.3, 0.4) is 0 Å². The van der Waals surface area contributed by atoms with Crippen LogP contribution in [0.5, 0.6) is 0 Å². The second-order valence-corrected chi connectivity index (χ2v) is 5.69. The number of rotatable bonds is 0. The number of nitrogens with one attached hydrogen (secondary N) is 1. The Labute approximate surface area is 129 Å². The zero-order valence-electron chi connectivity index (χ0n) is 11.3. The predicted molar refractivity (Wildman–Crippen MR) is 74.3 cm³/mol. The topological polar surface area (TPSA) is 38.3 Å². The molecule has 1 amide bonds. The molecule has 0 unspecified atom stereocenters. The quantitative estimate of drug-likeness (QED) is 0.740. The normalized spacial score (nSPS) is 24.6. The van der Waals surface area contributed by atoms with Crippen LogP contribution in [0.15, 0.2) is 18.2 Å². The Balaban J connectivity index is 2.22. The fourth-order valence-corrected chi connectivity index (χ4v) is 2.37. The summed E-state index contributed by atoms with van der Waals surface area (Å²) in [7, 11) is 0. The van der Waals surface area contributed by atoms with Crippen molar-refractivity contribution in [3.05, 3.63) is 28.8 Å². The van der Waals surface area contributed by atoms with Crippen molar-refractivity contribution < 1.29 is 22.7 Å². The van der Waals surface area contributed by atoms with Crippen molar-refractivity contribution >= 4 is 23.2 Å². The molecule has 1 heterocycles. The molecule has 1 saturated carbocycles. The molecule has 1 atom stereocenters. The fourth-order valence-electron chi connectivity index (χ4n) is 2.19. The summed E-state index contributed by atoms with van der Waals surface area (Å²) >= 11 is 5.83. The van der Waals surface area contributed by atoms with E-state index in [-0.39, 0.29) is 22.2 Å². The summed E-state index contributed by atoms with van der Waals surface area (Å²) < 4.78 is 46.3. The highest BCUT2D eigenvalue weighted by atomic mass is 35.5. The highest BCUT2D eigenvalue weighted by Gasteiger charge is 2.59.